The summed E-state index contributed by atoms with van der Waals surface area (Å²) in [5.74, 6) is -0.558. The molecule has 23 heavy (non-hydrogen) atoms. The van der Waals surface area contributed by atoms with Crippen LogP contribution in [-0.4, -0.2) is 21.4 Å². The van der Waals surface area contributed by atoms with Gasteiger partial charge in [-0.2, -0.15) is 0 Å². The summed E-state index contributed by atoms with van der Waals surface area (Å²) in [6.07, 6.45) is -0.736. The standard InChI is InChI=1S/C16H12ClN3O3/c17-11-6-7-13-12(8-11)14(21)15(20-19-13)23-16(22)18-9-10-4-2-1-3-5-10/h1-8H,9H2,(H,18,22)(H,19,21). The van der Waals surface area contributed by atoms with Crippen molar-refractivity contribution < 1.29 is 14.6 Å². The van der Waals surface area contributed by atoms with Gasteiger partial charge in [0.2, 0.25) is 0 Å². The van der Waals surface area contributed by atoms with Crippen LogP contribution >= 0.6 is 11.6 Å². The third-order valence-electron chi connectivity index (χ3n) is 3.13. The fourth-order valence-corrected chi connectivity index (χ4v) is 2.18. The minimum atomic E-state index is -0.736. The summed E-state index contributed by atoms with van der Waals surface area (Å²) in [5, 5.41) is 21.1. The normalized spacial score (nSPS) is 10.5. The summed E-state index contributed by atoms with van der Waals surface area (Å²) in [5.41, 5.74) is 1.37. The van der Waals surface area contributed by atoms with Crippen LogP contribution in [0.3, 0.4) is 0 Å². The molecule has 0 bridgehead atoms. The highest BCUT2D eigenvalue weighted by molar-refractivity contribution is 6.31. The second-order valence-electron chi connectivity index (χ2n) is 4.74. The van der Waals surface area contributed by atoms with Crippen LogP contribution in [0.1, 0.15) is 5.56 Å². The van der Waals surface area contributed by atoms with Gasteiger partial charge in [-0.1, -0.05) is 41.9 Å². The van der Waals surface area contributed by atoms with Crippen LogP contribution < -0.4 is 10.1 Å². The van der Waals surface area contributed by atoms with Crippen LogP contribution in [0, 0.1) is 0 Å². The van der Waals surface area contributed by atoms with Crippen molar-refractivity contribution in [3.63, 3.8) is 0 Å². The van der Waals surface area contributed by atoms with Crippen molar-refractivity contribution >= 4 is 28.6 Å². The van der Waals surface area contributed by atoms with Gasteiger partial charge in [-0.25, -0.2) is 4.79 Å². The number of carbonyl (C=O) groups excluding carboxylic acids is 1. The number of nitrogens with one attached hydrogen (secondary N) is 1. The molecule has 116 valence electrons. The average Bonchev–Trinajstić information content (AvgIpc) is 2.57. The summed E-state index contributed by atoms with van der Waals surface area (Å²) >= 11 is 5.89. The first-order valence-corrected chi connectivity index (χ1v) is 7.16. The number of aromatic nitrogens is 2. The maximum Gasteiger partial charge on any atom is 0.414 e. The van der Waals surface area contributed by atoms with Crippen LogP contribution in [0.25, 0.3) is 10.9 Å². The van der Waals surface area contributed by atoms with E-state index in [0.29, 0.717) is 22.5 Å². The molecular formula is C16H12ClN3O3. The number of carbonyl (C=O) groups is 1. The smallest absolute Gasteiger partial charge is 0.414 e. The monoisotopic (exact) mass is 329 g/mol. The summed E-state index contributed by atoms with van der Waals surface area (Å²) < 4.78 is 5.00. The Bertz CT molecular complexity index is 856. The van der Waals surface area contributed by atoms with E-state index in [1.807, 2.05) is 30.3 Å². The van der Waals surface area contributed by atoms with Crippen molar-refractivity contribution in [1.29, 1.82) is 0 Å². The Hall–Kier alpha value is -2.86. The van der Waals surface area contributed by atoms with Crippen LogP contribution in [0.4, 0.5) is 4.79 Å². The van der Waals surface area contributed by atoms with Gasteiger partial charge >= 0.3 is 6.09 Å². The van der Waals surface area contributed by atoms with Crippen molar-refractivity contribution in [3.05, 3.63) is 59.1 Å². The summed E-state index contributed by atoms with van der Waals surface area (Å²) in [6, 6.07) is 14.1. The highest BCUT2D eigenvalue weighted by Gasteiger charge is 2.14. The van der Waals surface area contributed by atoms with Crippen molar-refractivity contribution in [2.75, 3.05) is 0 Å². The van der Waals surface area contributed by atoms with Crippen LogP contribution in [0.2, 0.25) is 5.02 Å². The van der Waals surface area contributed by atoms with E-state index in [4.69, 9.17) is 16.3 Å². The fraction of sp³-hybridized carbons (Fsp3) is 0.0625. The maximum absolute atomic E-state index is 11.8. The first-order valence-electron chi connectivity index (χ1n) is 6.78. The van der Waals surface area contributed by atoms with E-state index in [1.165, 1.54) is 6.07 Å². The molecule has 1 amide bonds. The number of hydrogen-bond donors (Lipinski definition) is 2. The second-order valence-corrected chi connectivity index (χ2v) is 5.18. The molecule has 7 heteroatoms. The van der Waals surface area contributed by atoms with Crippen molar-refractivity contribution in [2.24, 2.45) is 0 Å². The van der Waals surface area contributed by atoms with E-state index in [-0.39, 0.29) is 11.6 Å². The lowest BCUT2D eigenvalue weighted by atomic mass is 10.2. The Morgan fingerprint density at radius 1 is 1.17 bits per heavy atom. The molecule has 0 unspecified atom stereocenters. The van der Waals surface area contributed by atoms with Crippen molar-refractivity contribution in [1.82, 2.24) is 15.5 Å². The topological polar surface area (TPSA) is 84.3 Å². The second kappa shape index (κ2) is 6.50. The molecule has 0 spiro atoms. The first-order chi connectivity index (χ1) is 11.1. The van der Waals surface area contributed by atoms with Gasteiger partial charge in [0.05, 0.1) is 10.9 Å². The van der Waals surface area contributed by atoms with E-state index in [0.717, 1.165) is 5.56 Å². The van der Waals surface area contributed by atoms with E-state index in [1.54, 1.807) is 12.1 Å². The molecule has 0 atom stereocenters. The zero-order valence-electron chi connectivity index (χ0n) is 11.9. The molecule has 2 N–H and O–H groups in total. The molecule has 0 aliphatic heterocycles. The summed E-state index contributed by atoms with van der Waals surface area (Å²) in [4.78, 5) is 11.8. The van der Waals surface area contributed by atoms with Gasteiger partial charge in [-0.3, -0.25) is 0 Å². The number of fused-ring (bicyclic) bond motifs is 1. The van der Waals surface area contributed by atoms with Crippen LogP contribution in [0.5, 0.6) is 11.6 Å². The quantitative estimate of drug-likeness (QED) is 0.770. The van der Waals surface area contributed by atoms with Crippen LogP contribution in [0.15, 0.2) is 48.5 Å². The molecule has 0 saturated carbocycles. The molecule has 6 nitrogen and oxygen atoms in total. The number of amides is 1. The largest absolute Gasteiger partial charge is 0.503 e. The number of rotatable bonds is 3. The van der Waals surface area contributed by atoms with E-state index in [9.17, 15) is 9.90 Å². The molecule has 0 aliphatic rings. The van der Waals surface area contributed by atoms with E-state index >= 15 is 0 Å². The molecule has 3 rings (SSSR count). The highest BCUT2D eigenvalue weighted by atomic mass is 35.5. The SMILES string of the molecule is O=C(NCc1ccccc1)Oc1nnc2ccc(Cl)cc2c1O. The van der Waals surface area contributed by atoms with Crippen LogP contribution in [-0.2, 0) is 6.54 Å². The van der Waals surface area contributed by atoms with Gasteiger partial charge in [-0.05, 0) is 23.8 Å². The molecule has 0 saturated heterocycles. The average molecular weight is 330 g/mol. The van der Waals surface area contributed by atoms with Gasteiger partial charge in [0.15, 0.2) is 5.75 Å². The number of benzene rings is 2. The van der Waals surface area contributed by atoms with E-state index < -0.39 is 6.09 Å². The Balaban J connectivity index is 1.73. The highest BCUT2D eigenvalue weighted by Crippen LogP contribution is 2.32. The Morgan fingerprint density at radius 2 is 1.96 bits per heavy atom. The molecule has 1 aromatic heterocycles. The first kappa shape index (κ1) is 15.1. The lowest BCUT2D eigenvalue weighted by molar-refractivity contribution is 0.195. The Labute approximate surface area is 136 Å². The van der Waals surface area contributed by atoms with E-state index in [2.05, 4.69) is 15.5 Å². The summed E-state index contributed by atoms with van der Waals surface area (Å²) in [7, 11) is 0. The number of ether oxygens (including phenoxy) is 1. The van der Waals surface area contributed by atoms with Crippen molar-refractivity contribution in [2.45, 2.75) is 6.54 Å². The minimum Gasteiger partial charge on any atom is -0.503 e. The lowest BCUT2D eigenvalue weighted by Crippen LogP contribution is -2.26. The fourth-order valence-electron chi connectivity index (χ4n) is 2.01. The Morgan fingerprint density at radius 3 is 2.74 bits per heavy atom. The predicted octanol–water partition coefficient (Wildman–Crippen LogP) is 3.28. The predicted molar refractivity (Wildman–Crippen MR) is 85.5 cm³/mol. The zero-order valence-corrected chi connectivity index (χ0v) is 12.6. The Kier molecular flexibility index (Phi) is 4.25. The number of hydrogen-bond acceptors (Lipinski definition) is 5. The van der Waals surface area contributed by atoms with Gasteiger partial charge in [0.1, 0.15) is 0 Å². The zero-order chi connectivity index (χ0) is 16.2. The van der Waals surface area contributed by atoms with Gasteiger partial charge in [0, 0.05) is 11.6 Å². The van der Waals surface area contributed by atoms with Gasteiger partial charge in [-0.15, -0.1) is 10.2 Å². The maximum atomic E-state index is 11.8. The summed E-state index contributed by atoms with van der Waals surface area (Å²) in [6.45, 7) is 0.299. The number of aromatic hydroxyl groups is 1. The molecule has 0 aliphatic carbocycles. The molecular weight excluding hydrogens is 318 g/mol. The third kappa shape index (κ3) is 3.49. The number of nitrogens with zero attached hydrogens (tertiary/aromatic N) is 2. The lowest BCUT2D eigenvalue weighted by Gasteiger charge is -2.08. The molecule has 1 heterocycles. The number of halogens is 1. The molecule has 0 fully saturated rings. The molecule has 2 aromatic carbocycles. The molecule has 0 radical (unpaired) electrons. The van der Waals surface area contributed by atoms with Gasteiger partial charge in [0.25, 0.3) is 5.88 Å². The van der Waals surface area contributed by atoms with Gasteiger partial charge < -0.3 is 15.2 Å². The van der Waals surface area contributed by atoms with Crippen molar-refractivity contribution in [3.8, 4) is 11.6 Å². The molecule has 3 aromatic rings. The third-order valence-corrected chi connectivity index (χ3v) is 3.37. The minimum absolute atomic E-state index is 0.273.